The van der Waals surface area contributed by atoms with Crippen LogP contribution in [0.4, 0.5) is 5.82 Å². The van der Waals surface area contributed by atoms with Crippen LogP contribution in [0.2, 0.25) is 0 Å². The van der Waals surface area contributed by atoms with Crippen molar-refractivity contribution in [2.45, 2.75) is 45.4 Å². The topological polar surface area (TPSA) is 59.5 Å². The van der Waals surface area contributed by atoms with E-state index in [2.05, 4.69) is 44.5 Å². The Morgan fingerprint density at radius 3 is 2.46 bits per heavy atom. The van der Waals surface area contributed by atoms with Crippen molar-refractivity contribution < 1.29 is 9.47 Å². The van der Waals surface area contributed by atoms with Gasteiger partial charge in [0.2, 0.25) is 0 Å². The summed E-state index contributed by atoms with van der Waals surface area (Å²) in [5, 5.41) is 3.47. The van der Waals surface area contributed by atoms with Gasteiger partial charge in [-0.05, 0) is 44.4 Å². The van der Waals surface area contributed by atoms with Gasteiger partial charge in [-0.25, -0.2) is 9.97 Å². The maximum atomic E-state index is 5.71. The maximum absolute atomic E-state index is 5.71. The molecular weight excluding hydrogens is 328 g/mol. The molecule has 1 fully saturated rings. The van der Waals surface area contributed by atoms with Crippen molar-refractivity contribution in [2.75, 3.05) is 25.5 Å². The number of hydrogen-bond donors (Lipinski definition) is 1. The first kappa shape index (κ1) is 18.5. The highest BCUT2D eigenvalue weighted by atomic mass is 16.5. The summed E-state index contributed by atoms with van der Waals surface area (Å²) >= 11 is 0. The van der Waals surface area contributed by atoms with Crippen molar-refractivity contribution >= 4 is 5.82 Å². The number of nitrogens with one attached hydrogen (secondary N) is 1. The first-order valence-electron chi connectivity index (χ1n) is 9.23. The summed E-state index contributed by atoms with van der Waals surface area (Å²) in [5.74, 6) is 2.22. The molecule has 0 saturated carbocycles. The Morgan fingerprint density at radius 1 is 1.12 bits per heavy atom. The molecule has 1 aliphatic heterocycles. The standard InChI is InChI=1S/C20H28N4O2/c1-15(2)26-18-6-4-16(5-7-18)14-24-12-8-17(9-13-24)23-19-20(25-3)22-11-10-21-19/h4-7,10-11,15,17H,8-9,12-14H2,1-3H3,(H,21,23). The number of anilines is 1. The lowest BCUT2D eigenvalue weighted by atomic mass is 10.0. The second kappa shape index (κ2) is 8.85. The lowest BCUT2D eigenvalue weighted by Crippen LogP contribution is -2.38. The van der Waals surface area contributed by atoms with E-state index in [-0.39, 0.29) is 6.10 Å². The Kier molecular flexibility index (Phi) is 6.28. The molecule has 0 atom stereocenters. The number of ether oxygens (including phenoxy) is 2. The quantitative estimate of drug-likeness (QED) is 0.821. The molecule has 1 saturated heterocycles. The van der Waals surface area contributed by atoms with Gasteiger partial charge in [0.25, 0.3) is 5.88 Å². The van der Waals surface area contributed by atoms with E-state index in [1.807, 2.05) is 13.8 Å². The highest BCUT2D eigenvalue weighted by Gasteiger charge is 2.20. The van der Waals surface area contributed by atoms with Crippen LogP contribution in [0.5, 0.6) is 11.6 Å². The summed E-state index contributed by atoms with van der Waals surface area (Å²) in [6.07, 6.45) is 5.69. The lowest BCUT2D eigenvalue weighted by Gasteiger charge is -2.32. The zero-order chi connectivity index (χ0) is 18.4. The fraction of sp³-hybridized carbons (Fsp3) is 0.500. The average Bonchev–Trinajstić information content (AvgIpc) is 2.65. The fourth-order valence-electron chi connectivity index (χ4n) is 3.21. The van der Waals surface area contributed by atoms with Crippen LogP contribution in [-0.4, -0.2) is 47.2 Å². The molecule has 6 nitrogen and oxygen atoms in total. The van der Waals surface area contributed by atoms with Gasteiger partial charge in [-0.2, -0.15) is 0 Å². The number of likely N-dealkylation sites (tertiary alicyclic amines) is 1. The minimum atomic E-state index is 0.209. The first-order valence-corrected chi connectivity index (χ1v) is 9.23. The molecule has 1 aromatic heterocycles. The molecule has 0 aliphatic carbocycles. The zero-order valence-corrected chi connectivity index (χ0v) is 15.8. The normalized spacial score (nSPS) is 15.8. The Hall–Kier alpha value is -2.34. The van der Waals surface area contributed by atoms with Gasteiger partial charge in [-0.1, -0.05) is 12.1 Å². The molecule has 1 N–H and O–H groups in total. The number of benzene rings is 1. The molecule has 6 heteroatoms. The van der Waals surface area contributed by atoms with Crippen LogP contribution in [0.15, 0.2) is 36.7 Å². The van der Waals surface area contributed by atoms with Crippen molar-refractivity contribution in [2.24, 2.45) is 0 Å². The molecule has 0 spiro atoms. The molecule has 1 aromatic carbocycles. The molecule has 26 heavy (non-hydrogen) atoms. The summed E-state index contributed by atoms with van der Waals surface area (Å²) in [7, 11) is 1.62. The van der Waals surface area contributed by atoms with Crippen LogP contribution in [-0.2, 0) is 6.54 Å². The minimum Gasteiger partial charge on any atom is -0.491 e. The van der Waals surface area contributed by atoms with E-state index in [1.165, 1.54) is 5.56 Å². The van der Waals surface area contributed by atoms with Crippen LogP contribution >= 0.6 is 0 Å². The maximum Gasteiger partial charge on any atom is 0.257 e. The third-order valence-electron chi connectivity index (χ3n) is 4.49. The van der Waals surface area contributed by atoms with Crippen LogP contribution in [0.3, 0.4) is 0 Å². The summed E-state index contributed by atoms with van der Waals surface area (Å²) in [6.45, 7) is 7.18. The number of hydrogen-bond acceptors (Lipinski definition) is 6. The molecule has 2 aromatic rings. The van der Waals surface area contributed by atoms with Gasteiger partial charge in [0.15, 0.2) is 5.82 Å². The molecule has 0 amide bonds. The Morgan fingerprint density at radius 2 is 1.81 bits per heavy atom. The van der Waals surface area contributed by atoms with Crippen LogP contribution < -0.4 is 14.8 Å². The molecule has 0 radical (unpaired) electrons. The zero-order valence-electron chi connectivity index (χ0n) is 15.8. The number of rotatable bonds is 7. The molecule has 0 bridgehead atoms. The lowest BCUT2D eigenvalue weighted by molar-refractivity contribution is 0.210. The predicted molar refractivity (Wildman–Crippen MR) is 103 cm³/mol. The first-order chi connectivity index (χ1) is 12.6. The van der Waals surface area contributed by atoms with Gasteiger partial charge < -0.3 is 14.8 Å². The Labute approximate surface area is 155 Å². The highest BCUT2D eigenvalue weighted by molar-refractivity contribution is 5.45. The second-order valence-corrected chi connectivity index (χ2v) is 6.92. The molecular formula is C20H28N4O2. The largest absolute Gasteiger partial charge is 0.491 e. The SMILES string of the molecule is COc1nccnc1NC1CCN(Cc2ccc(OC(C)C)cc2)CC1. The summed E-state index contributed by atoms with van der Waals surface area (Å²) < 4.78 is 11.0. The van der Waals surface area contributed by atoms with E-state index in [0.29, 0.717) is 11.9 Å². The number of piperidine rings is 1. The van der Waals surface area contributed by atoms with E-state index in [0.717, 1.165) is 44.0 Å². The highest BCUT2D eigenvalue weighted by Crippen LogP contribution is 2.22. The smallest absolute Gasteiger partial charge is 0.257 e. The number of nitrogens with zero attached hydrogens (tertiary/aromatic N) is 3. The van der Waals surface area contributed by atoms with Gasteiger partial charge in [0.1, 0.15) is 5.75 Å². The minimum absolute atomic E-state index is 0.209. The fourth-order valence-corrected chi connectivity index (χ4v) is 3.21. The van der Waals surface area contributed by atoms with E-state index < -0.39 is 0 Å². The van der Waals surface area contributed by atoms with Crippen LogP contribution in [0.1, 0.15) is 32.3 Å². The van der Waals surface area contributed by atoms with Crippen molar-refractivity contribution in [3.05, 3.63) is 42.2 Å². The summed E-state index contributed by atoms with van der Waals surface area (Å²) in [4.78, 5) is 11.0. The number of methoxy groups -OCH3 is 1. The van der Waals surface area contributed by atoms with Gasteiger partial charge >= 0.3 is 0 Å². The monoisotopic (exact) mass is 356 g/mol. The van der Waals surface area contributed by atoms with Crippen LogP contribution in [0, 0.1) is 0 Å². The predicted octanol–water partition coefficient (Wildman–Crippen LogP) is 3.35. The van der Waals surface area contributed by atoms with Crippen molar-refractivity contribution in [3.8, 4) is 11.6 Å². The molecule has 140 valence electrons. The van der Waals surface area contributed by atoms with Gasteiger partial charge in [0, 0.05) is 38.1 Å². The third-order valence-corrected chi connectivity index (χ3v) is 4.49. The average molecular weight is 356 g/mol. The summed E-state index contributed by atoms with van der Waals surface area (Å²) in [6, 6.07) is 8.84. The molecule has 0 unspecified atom stereocenters. The van der Waals surface area contributed by atoms with E-state index in [9.17, 15) is 0 Å². The van der Waals surface area contributed by atoms with Crippen molar-refractivity contribution in [1.82, 2.24) is 14.9 Å². The van der Waals surface area contributed by atoms with Crippen molar-refractivity contribution in [1.29, 1.82) is 0 Å². The van der Waals surface area contributed by atoms with Crippen molar-refractivity contribution in [3.63, 3.8) is 0 Å². The van der Waals surface area contributed by atoms with Gasteiger partial charge in [-0.3, -0.25) is 4.90 Å². The van der Waals surface area contributed by atoms with Crippen LogP contribution in [0.25, 0.3) is 0 Å². The van der Waals surface area contributed by atoms with E-state index in [4.69, 9.17) is 9.47 Å². The third kappa shape index (κ3) is 5.08. The summed E-state index contributed by atoms with van der Waals surface area (Å²) in [5.41, 5.74) is 1.32. The van der Waals surface area contributed by atoms with E-state index >= 15 is 0 Å². The number of aromatic nitrogens is 2. The molecule has 1 aliphatic rings. The van der Waals surface area contributed by atoms with E-state index in [1.54, 1.807) is 19.5 Å². The van der Waals surface area contributed by atoms with Gasteiger partial charge in [-0.15, -0.1) is 0 Å². The van der Waals surface area contributed by atoms with Gasteiger partial charge in [0.05, 0.1) is 13.2 Å². The Bertz CT molecular complexity index is 682. The molecule has 2 heterocycles. The molecule has 3 rings (SSSR count). The second-order valence-electron chi connectivity index (χ2n) is 6.92. The Balaban J connectivity index is 1.48.